The number of Topliss-reactive ketones (excluding diaryl/α,β-unsaturated/α-hetero) is 1. The fraction of sp³-hybridized carbons (Fsp3) is 0.548. The smallest absolute Gasteiger partial charge is 0.339 e. The number of esters is 2. The summed E-state index contributed by atoms with van der Waals surface area (Å²) in [5.74, 6) is -4.23. The van der Waals surface area contributed by atoms with Crippen LogP contribution in [-0.4, -0.2) is 53.1 Å². The van der Waals surface area contributed by atoms with E-state index < -0.39 is 76.7 Å². The van der Waals surface area contributed by atoms with Crippen LogP contribution in [0.15, 0.2) is 54.1 Å². The van der Waals surface area contributed by atoms with Gasteiger partial charge >= 0.3 is 11.9 Å². The lowest BCUT2D eigenvalue weighted by Crippen LogP contribution is -2.65. The van der Waals surface area contributed by atoms with Crippen molar-refractivity contribution in [1.29, 1.82) is 0 Å². The average Bonchev–Trinajstić information content (AvgIpc) is 3.10. The van der Waals surface area contributed by atoms with Gasteiger partial charge in [-0.15, -0.1) is 0 Å². The molecule has 1 N–H and O–H groups in total. The molecule has 0 radical (unpaired) electrons. The largest absolute Gasteiger partial charge is 0.458 e. The van der Waals surface area contributed by atoms with Crippen LogP contribution < -0.4 is 0 Å². The van der Waals surface area contributed by atoms with E-state index in [9.17, 15) is 24.3 Å². The molecule has 9 atom stereocenters. The maximum atomic E-state index is 16.2. The SMILES string of the molecule is CC(=O)OCC(=O)[C@]1(OC(=O)c2ccccc2)[C@H](C)C[C@H]2[C@H]3[C@H]([C@@H](O)C[C@@]21C)[C@@]1(C)C=CC(=O)C=C1C[C@H]3F. The minimum absolute atomic E-state index is 0.0552. The van der Waals surface area contributed by atoms with Crippen molar-refractivity contribution in [2.24, 2.45) is 34.5 Å². The molecule has 4 aliphatic rings. The molecule has 5 rings (SSSR count). The highest BCUT2D eigenvalue weighted by Gasteiger charge is 2.74. The third-order valence-electron chi connectivity index (χ3n) is 10.1. The summed E-state index contributed by atoms with van der Waals surface area (Å²) >= 11 is 0. The van der Waals surface area contributed by atoms with E-state index in [-0.39, 0.29) is 24.2 Å². The molecule has 39 heavy (non-hydrogen) atoms. The quantitative estimate of drug-likeness (QED) is 0.561. The van der Waals surface area contributed by atoms with Gasteiger partial charge in [0.05, 0.1) is 11.7 Å². The van der Waals surface area contributed by atoms with E-state index in [0.29, 0.717) is 12.0 Å². The third-order valence-corrected chi connectivity index (χ3v) is 10.1. The molecule has 0 heterocycles. The fourth-order valence-electron chi connectivity index (χ4n) is 8.48. The summed E-state index contributed by atoms with van der Waals surface area (Å²) in [6.45, 7) is 6.13. The Kier molecular flexibility index (Phi) is 6.69. The summed E-state index contributed by atoms with van der Waals surface area (Å²) in [5.41, 5.74) is -2.67. The van der Waals surface area contributed by atoms with Crippen molar-refractivity contribution in [2.75, 3.05) is 6.61 Å². The van der Waals surface area contributed by atoms with Crippen LogP contribution in [0.25, 0.3) is 0 Å². The van der Waals surface area contributed by atoms with Gasteiger partial charge in [-0.2, -0.15) is 0 Å². The van der Waals surface area contributed by atoms with Gasteiger partial charge < -0.3 is 14.6 Å². The Labute approximate surface area is 227 Å². The molecule has 0 saturated heterocycles. The molecule has 1 aromatic rings. The minimum atomic E-state index is -1.75. The minimum Gasteiger partial charge on any atom is -0.458 e. The van der Waals surface area contributed by atoms with Crippen LogP contribution in [0, 0.1) is 34.5 Å². The molecule has 3 saturated carbocycles. The Morgan fingerprint density at radius 1 is 1.15 bits per heavy atom. The average molecular weight is 539 g/mol. The van der Waals surface area contributed by atoms with Crippen LogP contribution in [0.3, 0.4) is 0 Å². The summed E-state index contributed by atoms with van der Waals surface area (Å²) < 4.78 is 27.5. The van der Waals surface area contributed by atoms with Crippen molar-refractivity contribution >= 4 is 23.5 Å². The highest BCUT2D eigenvalue weighted by Crippen LogP contribution is 2.69. The molecule has 0 aliphatic heterocycles. The molecule has 0 amide bonds. The molecular formula is C31H35FO7. The molecule has 208 valence electrons. The van der Waals surface area contributed by atoms with Crippen LogP contribution in [0.5, 0.6) is 0 Å². The van der Waals surface area contributed by atoms with Gasteiger partial charge in [0, 0.05) is 41.9 Å². The van der Waals surface area contributed by atoms with E-state index in [1.165, 1.54) is 19.1 Å². The highest BCUT2D eigenvalue weighted by molar-refractivity contribution is 6.01. The lowest BCUT2D eigenvalue weighted by molar-refractivity contribution is -0.192. The molecule has 7 nitrogen and oxygen atoms in total. The van der Waals surface area contributed by atoms with E-state index >= 15 is 4.39 Å². The maximum absolute atomic E-state index is 16.2. The number of carbonyl (C=O) groups excluding carboxylic acids is 4. The normalized spacial score (nSPS) is 40.6. The van der Waals surface area contributed by atoms with Crippen LogP contribution in [0.4, 0.5) is 4.39 Å². The molecule has 1 aromatic carbocycles. The zero-order valence-corrected chi connectivity index (χ0v) is 22.7. The number of hydrogen-bond donors (Lipinski definition) is 1. The molecule has 8 heteroatoms. The van der Waals surface area contributed by atoms with E-state index in [2.05, 4.69) is 0 Å². The van der Waals surface area contributed by atoms with E-state index in [4.69, 9.17) is 9.47 Å². The highest BCUT2D eigenvalue weighted by atomic mass is 19.1. The van der Waals surface area contributed by atoms with E-state index in [0.717, 1.165) is 0 Å². The molecule has 4 aliphatic carbocycles. The first kappa shape index (κ1) is 27.4. The first-order valence-electron chi connectivity index (χ1n) is 13.6. The van der Waals surface area contributed by atoms with Gasteiger partial charge in [0.25, 0.3) is 0 Å². The number of ketones is 2. The van der Waals surface area contributed by atoms with Gasteiger partial charge in [-0.1, -0.05) is 50.6 Å². The second-order valence-electron chi connectivity index (χ2n) is 12.1. The molecule has 3 fully saturated rings. The predicted octanol–water partition coefficient (Wildman–Crippen LogP) is 4.19. The zero-order valence-electron chi connectivity index (χ0n) is 22.7. The van der Waals surface area contributed by atoms with E-state index in [1.54, 1.807) is 50.3 Å². The fourth-order valence-corrected chi connectivity index (χ4v) is 8.48. The topological polar surface area (TPSA) is 107 Å². The van der Waals surface area contributed by atoms with Crippen molar-refractivity contribution in [3.63, 3.8) is 0 Å². The monoisotopic (exact) mass is 538 g/mol. The lowest BCUT2D eigenvalue weighted by Gasteiger charge is -2.60. The standard InChI is InChI=1S/C31H35FO7/c1-17-12-22-26-23(32)14-20-13-21(34)10-11-29(20,3)27(26)24(35)15-30(22,4)31(17,25(36)16-38-18(2)33)39-28(37)19-8-6-5-7-9-19/h5-11,13,17,22-24,26-27,35H,12,14-16H2,1-4H3/t17-,22+,23-,24+,26-,27+,29+,30+,31-/m1/s1. The van der Waals surface area contributed by atoms with Gasteiger partial charge in [-0.05, 0) is 43.0 Å². The number of ether oxygens (including phenoxy) is 2. The molecule has 0 bridgehead atoms. The van der Waals surface area contributed by atoms with Gasteiger partial charge in [-0.3, -0.25) is 14.4 Å². The number of halogens is 1. The number of carbonyl (C=O) groups is 4. The summed E-state index contributed by atoms with van der Waals surface area (Å²) in [6, 6.07) is 8.30. The van der Waals surface area contributed by atoms with Gasteiger partial charge in [-0.25, -0.2) is 9.18 Å². The number of fused-ring (bicyclic) bond motifs is 5. The first-order valence-corrected chi connectivity index (χ1v) is 13.6. The number of benzene rings is 1. The number of alkyl halides is 1. The predicted molar refractivity (Wildman–Crippen MR) is 139 cm³/mol. The Morgan fingerprint density at radius 2 is 1.85 bits per heavy atom. The second-order valence-corrected chi connectivity index (χ2v) is 12.1. The Morgan fingerprint density at radius 3 is 2.51 bits per heavy atom. The van der Waals surface area contributed by atoms with Crippen LogP contribution in [0.1, 0.15) is 57.3 Å². The maximum Gasteiger partial charge on any atom is 0.339 e. The number of hydrogen-bond acceptors (Lipinski definition) is 7. The Balaban J connectivity index is 1.60. The van der Waals surface area contributed by atoms with Crippen LogP contribution in [0.2, 0.25) is 0 Å². The van der Waals surface area contributed by atoms with Crippen molar-refractivity contribution in [3.8, 4) is 0 Å². The van der Waals surface area contributed by atoms with Gasteiger partial charge in [0.15, 0.2) is 18.0 Å². The molecule has 0 unspecified atom stereocenters. The van der Waals surface area contributed by atoms with Crippen LogP contribution >= 0.6 is 0 Å². The summed E-state index contributed by atoms with van der Waals surface area (Å²) in [4.78, 5) is 51.2. The third kappa shape index (κ3) is 4.01. The van der Waals surface area contributed by atoms with E-state index in [1.807, 2.05) is 6.92 Å². The summed E-state index contributed by atoms with van der Waals surface area (Å²) in [7, 11) is 0. The van der Waals surface area contributed by atoms with Crippen LogP contribution in [-0.2, 0) is 23.9 Å². The number of aliphatic hydroxyl groups is 1. The Bertz CT molecular complexity index is 1270. The van der Waals surface area contributed by atoms with Crippen molar-refractivity contribution in [1.82, 2.24) is 0 Å². The Hall–Kier alpha value is -3.13. The van der Waals surface area contributed by atoms with Crippen molar-refractivity contribution in [3.05, 3.63) is 59.7 Å². The molecular weight excluding hydrogens is 503 g/mol. The first-order chi connectivity index (χ1) is 18.3. The molecule has 0 spiro atoms. The number of aliphatic hydroxyl groups excluding tert-OH is 1. The second kappa shape index (κ2) is 9.51. The number of rotatable bonds is 5. The molecule has 0 aromatic heterocycles. The number of allylic oxidation sites excluding steroid dienone is 4. The summed E-state index contributed by atoms with van der Waals surface area (Å²) in [5, 5.41) is 11.7. The van der Waals surface area contributed by atoms with Gasteiger partial charge in [0.1, 0.15) is 6.17 Å². The van der Waals surface area contributed by atoms with Crippen molar-refractivity contribution in [2.45, 2.75) is 64.8 Å². The lowest BCUT2D eigenvalue weighted by atomic mass is 9.45. The van der Waals surface area contributed by atoms with Gasteiger partial charge in [0.2, 0.25) is 5.78 Å². The zero-order chi connectivity index (χ0) is 28.3. The summed E-state index contributed by atoms with van der Waals surface area (Å²) in [6.07, 6.45) is 2.87. The van der Waals surface area contributed by atoms with Crippen molar-refractivity contribution < 1.29 is 38.1 Å².